The lowest BCUT2D eigenvalue weighted by molar-refractivity contribution is -0.384. The van der Waals surface area contributed by atoms with Crippen LogP contribution in [0, 0.1) is 15.5 Å². The molecule has 0 fully saturated rings. The van der Waals surface area contributed by atoms with Crippen molar-refractivity contribution in [3.63, 3.8) is 0 Å². The van der Waals surface area contributed by atoms with Crippen LogP contribution in [0.5, 0.6) is 0 Å². The molecule has 2 aliphatic rings. The number of Topliss-reactive ketones (excluding diaryl/α,β-unsaturated/α-hetero) is 1. The first-order valence-corrected chi connectivity index (χ1v) is 9.30. The fourth-order valence-corrected chi connectivity index (χ4v) is 3.94. The van der Waals surface area contributed by atoms with Gasteiger partial charge in [-0.3, -0.25) is 14.9 Å². The number of hydrogen-bond acceptors (Lipinski definition) is 4. The molecule has 2 aromatic carbocycles. The Hall–Kier alpha value is -3.21. The number of hydrogen-bond donors (Lipinski definition) is 0. The first-order chi connectivity index (χ1) is 13.3. The molecule has 0 saturated carbocycles. The van der Waals surface area contributed by atoms with E-state index in [1.807, 2.05) is 36.4 Å². The molecule has 2 aromatic rings. The summed E-state index contributed by atoms with van der Waals surface area (Å²) in [6, 6.07) is 16.2. The average molecular weight is 375 g/mol. The van der Waals surface area contributed by atoms with Gasteiger partial charge < -0.3 is 4.74 Å². The lowest BCUT2D eigenvalue weighted by atomic mass is 9.71. The molecule has 5 heteroatoms. The molecule has 1 unspecified atom stereocenters. The molecular formula is C23H21NO4. The van der Waals surface area contributed by atoms with E-state index in [1.165, 1.54) is 12.1 Å². The van der Waals surface area contributed by atoms with Crippen LogP contribution in [-0.2, 0) is 9.53 Å². The van der Waals surface area contributed by atoms with Gasteiger partial charge in [-0.05, 0) is 17.1 Å². The highest BCUT2D eigenvalue weighted by Gasteiger charge is 2.40. The van der Waals surface area contributed by atoms with E-state index in [4.69, 9.17) is 4.74 Å². The van der Waals surface area contributed by atoms with Gasteiger partial charge in [0, 0.05) is 42.0 Å². The van der Waals surface area contributed by atoms with Crippen LogP contribution < -0.4 is 0 Å². The molecule has 4 rings (SSSR count). The van der Waals surface area contributed by atoms with Gasteiger partial charge in [-0.25, -0.2) is 0 Å². The van der Waals surface area contributed by atoms with E-state index in [0.29, 0.717) is 29.9 Å². The number of nitrogens with zero attached hydrogens (tertiary/aromatic N) is 1. The van der Waals surface area contributed by atoms with E-state index in [9.17, 15) is 14.9 Å². The molecule has 1 aliphatic heterocycles. The maximum atomic E-state index is 13.0. The maximum Gasteiger partial charge on any atom is 0.269 e. The van der Waals surface area contributed by atoms with Crippen LogP contribution >= 0.6 is 0 Å². The minimum atomic E-state index is -0.419. The molecule has 5 nitrogen and oxygen atoms in total. The van der Waals surface area contributed by atoms with E-state index in [-0.39, 0.29) is 22.8 Å². The van der Waals surface area contributed by atoms with E-state index >= 15 is 0 Å². The van der Waals surface area contributed by atoms with Crippen molar-refractivity contribution in [2.45, 2.75) is 32.6 Å². The van der Waals surface area contributed by atoms with Crippen LogP contribution in [0.3, 0.4) is 0 Å². The summed E-state index contributed by atoms with van der Waals surface area (Å²) in [5.74, 6) is 1.24. The molecule has 142 valence electrons. The van der Waals surface area contributed by atoms with E-state index in [1.54, 1.807) is 12.1 Å². The summed E-state index contributed by atoms with van der Waals surface area (Å²) >= 11 is 0. The molecule has 1 aliphatic carbocycles. The van der Waals surface area contributed by atoms with Crippen molar-refractivity contribution >= 4 is 17.2 Å². The first kappa shape index (κ1) is 18.2. The Balaban J connectivity index is 1.82. The number of rotatable bonds is 3. The summed E-state index contributed by atoms with van der Waals surface area (Å²) < 4.78 is 6.21. The Bertz CT molecular complexity index is 1000. The summed E-state index contributed by atoms with van der Waals surface area (Å²) in [5, 5.41) is 11.0. The molecule has 0 spiro atoms. The van der Waals surface area contributed by atoms with Gasteiger partial charge in [0.1, 0.15) is 11.5 Å². The van der Waals surface area contributed by atoms with Crippen LogP contribution in [-0.4, -0.2) is 10.7 Å². The van der Waals surface area contributed by atoms with Crippen molar-refractivity contribution < 1.29 is 14.5 Å². The minimum absolute atomic E-state index is 0.0355. The second-order valence-electron chi connectivity index (χ2n) is 8.10. The molecular weight excluding hydrogens is 354 g/mol. The summed E-state index contributed by atoms with van der Waals surface area (Å²) in [7, 11) is 0. The molecule has 0 saturated heterocycles. The SMILES string of the molecule is CC1(C)CC(=O)C2=C(C1)OC(c1ccccc1)=CC2c1ccc([N+](=O)[O-])cc1. The van der Waals surface area contributed by atoms with Crippen LogP contribution in [0.15, 0.2) is 72.0 Å². The fraction of sp³-hybridized carbons (Fsp3) is 0.261. The van der Waals surface area contributed by atoms with Crippen LogP contribution in [0.2, 0.25) is 0 Å². The number of benzene rings is 2. The fourth-order valence-electron chi connectivity index (χ4n) is 3.94. The molecule has 0 N–H and O–H groups in total. The maximum absolute atomic E-state index is 13.0. The lowest BCUT2D eigenvalue weighted by Gasteiger charge is -2.37. The molecule has 0 radical (unpaired) electrons. The predicted octanol–water partition coefficient (Wildman–Crippen LogP) is 5.39. The van der Waals surface area contributed by atoms with Gasteiger partial charge in [0.15, 0.2) is 5.78 Å². The van der Waals surface area contributed by atoms with Crippen molar-refractivity contribution in [1.82, 2.24) is 0 Å². The van der Waals surface area contributed by atoms with Crippen molar-refractivity contribution in [2.75, 3.05) is 0 Å². The van der Waals surface area contributed by atoms with Gasteiger partial charge in [0.2, 0.25) is 0 Å². The Kier molecular flexibility index (Phi) is 4.38. The van der Waals surface area contributed by atoms with Crippen molar-refractivity contribution in [3.8, 4) is 0 Å². The normalized spacial score (nSPS) is 20.9. The quantitative estimate of drug-likeness (QED) is 0.532. The van der Waals surface area contributed by atoms with Gasteiger partial charge in [-0.15, -0.1) is 0 Å². The number of carbonyl (C=O) groups excluding carboxylic acids is 1. The summed E-state index contributed by atoms with van der Waals surface area (Å²) in [6.07, 6.45) is 3.10. The zero-order chi connectivity index (χ0) is 19.9. The van der Waals surface area contributed by atoms with Gasteiger partial charge in [-0.1, -0.05) is 56.3 Å². The lowest BCUT2D eigenvalue weighted by Crippen LogP contribution is -2.30. The summed E-state index contributed by atoms with van der Waals surface area (Å²) in [5.41, 5.74) is 2.34. The minimum Gasteiger partial charge on any atom is -0.461 e. The zero-order valence-corrected chi connectivity index (χ0v) is 15.8. The predicted molar refractivity (Wildman–Crippen MR) is 106 cm³/mol. The third-order valence-electron chi connectivity index (χ3n) is 5.26. The summed E-state index contributed by atoms with van der Waals surface area (Å²) in [6.45, 7) is 4.14. The zero-order valence-electron chi connectivity index (χ0n) is 15.8. The summed E-state index contributed by atoms with van der Waals surface area (Å²) in [4.78, 5) is 23.5. The van der Waals surface area contributed by atoms with Crippen LogP contribution in [0.1, 0.15) is 43.7 Å². The van der Waals surface area contributed by atoms with Gasteiger partial charge in [0.25, 0.3) is 5.69 Å². The highest BCUT2D eigenvalue weighted by molar-refractivity contribution is 6.00. The second-order valence-corrected chi connectivity index (χ2v) is 8.10. The largest absolute Gasteiger partial charge is 0.461 e. The van der Waals surface area contributed by atoms with E-state index in [2.05, 4.69) is 13.8 Å². The Labute approximate surface area is 163 Å². The van der Waals surface area contributed by atoms with Gasteiger partial charge >= 0.3 is 0 Å². The molecule has 0 aromatic heterocycles. The van der Waals surface area contributed by atoms with E-state index < -0.39 is 4.92 Å². The third-order valence-corrected chi connectivity index (χ3v) is 5.26. The Morgan fingerprint density at radius 3 is 2.36 bits per heavy atom. The van der Waals surface area contributed by atoms with Crippen molar-refractivity contribution in [1.29, 1.82) is 0 Å². The smallest absolute Gasteiger partial charge is 0.269 e. The van der Waals surface area contributed by atoms with Crippen LogP contribution in [0.4, 0.5) is 5.69 Å². The number of carbonyl (C=O) groups is 1. The Morgan fingerprint density at radius 1 is 1.04 bits per heavy atom. The topological polar surface area (TPSA) is 69.4 Å². The number of non-ortho nitro benzene ring substituents is 1. The number of ether oxygens (including phenoxy) is 1. The number of nitro benzene ring substituents is 1. The molecule has 28 heavy (non-hydrogen) atoms. The molecule has 1 atom stereocenters. The van der Waals surface area contributed by atoms with Crippen molar-refractivity contribution in [2.24, 2.45) is 5.41 Å². The monoisotopic (exact) mass is 375 g/mol. The highest BCUT2D eigenvalue weighted by Crippen LogP contribution is 2.47. The number of ketones is 1. The van der Waals surface area contributed by atoms with Crippen molar-refractivity contribution in [3.05, 3.63) is 93.2 Å². The molecule has 0 bridgehead atoms. The number of allylic oxidation sites excluding steroid dienone is 3. The molecule has 0 amide bonds. The van der Waals surface area contributed by atoms with Crippen LogP contribution in [0.25, 0.3) is 5.76 Å². The molecule has 1 heterocycles. The van der Waals surface area contributed by atoms with Gasteiger partial charge in [-0.2, -0.15) is 0 Å². The Morgan fingerprint density at radius 2 is 1.71 bits per heavy atom. The second kappa shape index (κ2) is 6.75. The third kappa shape index (κ3) is 3.36. The first-order valence-electron chi connectivity index (χ1n) is 9.30. The van der Waals surface area contributed by atoms with Gasteiger partial charge in [0.05, 0.1) is 4.92 Å². The average Bonchev–Trinajstić information content (AvgIpc) is 2.66. The number of nitro groups is 1. The highest BCUT2D eigenvalue weighted by atomic mass is 16.6. The standard InChI is InChI=1S/C23H21NO4/c1-23(2)13-19(25)22-18(15-8-10-17(11-9-15)24(26)27)12-20(28-21(22)14-23)16-6-4-3-5-7-16/h3-12,18H,13-14H2,1-2H3. The van der Waals surface area contributed by atoms with E-state index in [0.717, 1.165) is 11.1 Å².